The van der Waals surface area contributed by atoms with Gasteiger partial charge in [0.15, 0.2) is 0 Å². The molecular weight excluding hydrogens is 324 g/mol. The summed E-state index contributed by atoms with van der Waals surface area (Å²) < 4.78 is 0. The van der Waals surface area contributed by atoms with Gasteiger partial charge in [-0.2, -0.15) is 0 Å². The zero-order valence-electron chi connectivity index (χ0n) is 14.0. The Hall–Kier alpha value is -1.55. The molecule has 1 atom stereocenters. The first-order valence-corrected chi connectivity index (χ1v) is 9.35. The maximum Gasteiger partial charge on any atom is 0.243 e. The number of carbonyl (C=O) groups excluding carboxylic acids is 2. The van der Waals surface area contributed by atoms with Crippen LogP contribution in [0.3, 0.4) is 0 Å². The predicted octanol–water partition coefficient (Wildman–Crippen LogP) is 3.32. The first-order chi connectivity index (χ1) is 11.6. The summed E-state index contributed by atoms with van der Waals surface area (Å²) in [6.07, 6.45) is 7.77. The molecule has 0 radical (unpaired) electrons. The molecule has 1 aromatic rings. The third-order valence-corrected chi connectivity index (χ3v) is 5.35. The summed E-state index contributed by atoms with van der Waals surface area (Å²) in [7, 11) is 0. The summed E-state index contributed by atoms with van der Waals surface area (Å²) in [6, 6.07) is 7.32. The summed E-state index contributed by atoms with van der Waals surface area (Å²) in [4.78, 5) is 27.0. The Labute approximate surface area is 148 Å². The molecule has 1 aromatic carbocycles. The van der Waals surface area contributed by atoms with Crippen LogP contribution in [0.4, 0.5) is 0 Å². The van der Waals surface area contributed by atoms with Gasteiger partial charge < -0.3 is 10.2 Å². The average molecular weight is 349 g/mol. The van der Waals surface area contributed by atoms with Gasteiger partial charge in [-0.25, -0.2) is 0 Å². The Morgan fingerprint density at radius 2 is 1.75 bits per heavy atom. The van der Waals surface area contributed by atoms with Gasteiger partial charge in [-0.3, -0.25) is 9.59 Å². The van der Waals surface area contributed by atoms with Crippen LogP contribution in [-0.2, 0) is 16.0 Å². The van der Waals surface area contributed by atoms with Crippen LogP contribution in [0.25, 0.3) is 0 Å². The van der Waals surface area contributed by atoms with Gasteiger partial charge in [0.05, 0.1) is 6.42 Å². The van der Waals surface area contributed by atoms with Crippen molar-refractivity contribution in [1.82, 2.24) is 10.2 Å². The number of halogens is 1. The van der Waals surface area contributed by atoms with Crippen LogP contribution in [0.15, 0.2) is 24.3 Å². The molecule has 0 aromatic heterocycles. The zero-order valence-corrected chi connectivity index (χ0v) is 14.7. The molecule has 24 heavy (non-hydrogen) atoms. The number of nitrogens with one attached hydrogen (secondary N) is 1. The Balaban J connectivity index is 1.58. The molecule has 0 bridgehead atoms. The van der Waals surface area contributed by atoms with Crippen molar-refractivity contribution in [2.24, 2.45) is 0 Å². The summed E-state index contributed by atoms with van der Waals surface area (Å²) in [6.45, 7) is 0.676. The van der Waals surface area contributed by atoms with E-state index >= 15 is 0 Å². The van der Waals surface area contributed by atoms with E-state index in [0.717, 1.165) is 31.2 Å². The summed E-state index contributed by atoms with van der Waals surface area (Å²) in [5.74, 6) is 0.0578. The second-order valence-corrected chi connectivity index (χ2v) is 7.33. The molecule has 0 spiro atoms. The van der Waals surface area contributed by atoms with E-state index in [1.807, 2.05) is 12.1 Å². The van der Waals surface area contributed by atoms with E-state index < -0.39 is 0 Å². The molecule has 0 unspecified atom stereocenters. The van der Waals surface area contributed by atoms with Crippen molar-refractivity contribution < 1.29 is 9.59 Å². The van der Waals surface area contributed by atoms with E-state index in [9.17, 15) is 9.59 Å². The smallest absolute Gasteiger partial charge is 0.243 e. The zero-order chi connectivity index (χ0) is 16.9. The normalized spacial score (nSPS) is 21.7. The highest BCUT2D eigenvalue weighted by Crippen LogP contribution is 2.22. The molecular formula is C19H25ClN2O2. The largest absolute Gasteiger partial charge is 0.352 e. The summed E-state index contributed by atoms with van der Waals surface area (Å²) >= 11 is 5.88. The van der Waals surface area contributed by atoms with Crippen molar-refractivity contribution in [3.8, 4) is 0 Å². The lowest BCUT2D eigenvalue weighted by Gasteiger charge is -2.28. The van der Waals surface area contributed by atoms with Crippen molar-refractivity contribution in [3.05, 3.63) is 34.9 Å². The van der Waals surface area contributed by atoms with Crippen LogP contribution in [0.1, 0.15) is 50.5 Å². The number of carbonyl (C=O) groups is 2. The van der Waals surface area contributed by atoms with E-state index in [2.05, 4.69) is 5.32 Å². The van der Waals surface area contributed by atoms with E-state index in [-0.39, 0.29) is 17.9 Å². The number of hydrogen-bond donors (Lipinski definition) is 1. The van der Waals surface area contributed by atoms with Crippen LogP contribution in [0.2, 0.25) is 5.02 Å². The van der Waals surface area contributed by atoms with Gasteiger partial charge in [0.25, 0.3) is 0 Å². The van der Waals surface area contributed by atoms with Crippen molar-refractivity contribution in [3.63, 3.8) is 0 Å². The Morgan fingerprint density at radius 3 is 2.46 bits per heavy atom. The summed E-state index contributed by atoms with van der Waals surface area (Å²) in [5, 5.41) is 3.83. The van der Waals surface area contributed by atoms with Crippen molar-refractivity contribution >= 4 is 23.4 Å². The fourth-order valence-electron chi connectivity index (χ4n) is 3.76. The quantitative estimate of drug-likeness (QED) is 0.907. The minimum Gasteiger partial charge on any atom is -0.352 e. The molecule has 1 saturated carbocycles. The topological polar surface area (TPSA) is 49.4 Å². The molecule has 2 amide bonds. The van der Waals surface area contributed by atoms with Crippen LogP contribution in [0.5, 0.6) is 0 Å². The standard InChI is InChI=1S/C19H25ClN2O2/c20-15-10-8-14(9-11-15)13-18(23)22-12-4-7-17(22)19(24)21-16-5-2-1-3-6-16/h8-11,16-17H,1-7,12-13H2,(H,21,24)/t17-/m0/s1. The monoisotopic (exact) mass is 348 g/mol. The fourth-order valence-corrected chi connectivity index (χ4v) is 3.89. The third-order valence-electron chi connectivity index (χ3n) is 5.10. The Morgan fingerprint density at radius 1 is 1.04 bits per heavy atom. The van der Waals surface area contributed by atoms with Crippen LogP contribution >= 0.6 is 11.6 Å². The molecule has 1 saturated heterocycles. The number of likely N-dealkylation sites (tertiary alicyclic amines) is 1. The van der Waals surface area contributed by atoms with Gasteiger partial charge >= 0.3 is 0 Å². The van der Waals surface area contributed by atoms with E-state index in [4.69, 9.17) is 11.6 Å². The van der Waals surface area contributed by atoms with Crippen molar-refractivity contribution in [2.75, 3.05) is 6.54 Å². The van der Waals surface area contributed by atoms with Gasteiger partial charge in [0.1, 0.15) is 6.04 Å². The highest BCUT2D eigenvalue weighted by atomic mass is 35.5. The molecule has 1 aliphatic heterocycles. The van der Waals surface area contributed by atoms with Crippen molar-refractivity contribution in [1.29, 1.82) is 0 Å². The van der Waals surface area contributed by atoms with E-state index in [1.165, 1.54) is 19.3 Å². The molecule has 1 aliphatic carbocycles. The second kappa shape index (κ2) is 8.02. The Bertz CT molecular complexity index is 582. The lowest BCUT2D eigenvalue weighted by atomic mass is 9.95. The predicted molar refractivity (Wildman–Crippen MR) is 94.9 cm³/mol. The molecule has 5 heteroatoms. The number of amides is 2. The number of benzene rings is 1. The lowest BCUT2D eigenvalue weighted by Crippen LogP contribution is -2.49. The fraction of sp³-hybridized carbons (Fsp3) is 0.579. The molecule has 2 aliphatic rings. The SMILES string of the molecule is O=C(NC1CCCCC1)[C@@H]1CCCN1C(=O)Cc1ccc(Cl)cc1. The first-order valence-electron chi connectivity index (χ1n) is 8.98. The van der Waals surface area contributed by atoms with Crippen LogP contribution in [0, 0.1) is 0 Å². The maximum atomic E-state index is 12.6. The minimum absolute atomic E-state index is 0.0265. The highest BCUT2D eigenvalue weighted by molar-refractivity contribution is 6.30. The van der Waals surface area contributed by atoms with Crippen LogP contribution in [-0.4, -0.2) is 35.3 Å². The lowest BCUT2D eigenvalue weighted by molar-refractivity contribution is -0.138. The van der Waals surface area contributed by atoms with Crippen LogP contribution < -0.4 is 5.32 Å². The molecule has 4 nitrogen and oxygen atoms in total. The number of rotatable bonds is 4. The number of hydrogen-bond acceptors (Lipinski definition) is 2. The molecule has 2 fully saturated rings. The van der Waals surface area contributed by atoms with Gasteiger partial charge in [0, 0.05) is 17.6 Å². The molecule has 1 N–H and O–H groups in total. The summed E-state index contributed by atoms with van der Waals surface area (Å²) in [5.41, 5.74) is 0.933. The molecule has 1 heterocycles. The number of nitrogens with zero attached hydrogens (tertiary/aromatic N) is 1. The van der Waals surface area contributed by atoms with Gasteiger partial charge in [0.2, 0.25) is 11.8 Å². The average Bonchev–Trinajstić information content (AvgIpc) is 3.08. The van der Waals surface area contributed by atoms with Crippen molar-refractivity contribution in [2.45, 2.75) is 63.5 Å². The first kappa shape index (κ1) is 17.3. The minimum atomic E-state index is -0.299. The van der Waals surface area contributed by atoms with E-state index in [0.29, 0.717) is 24.0 Å². The second-order valence-electron chi connectivity index (χ2n) is 6.89. The third kappa shape index (κ3) is 4.29. The van der Waals surface area contributed by atoms with Gasteiger partial charge in [-0.1, -0.05) is 43.0 Å². The Kier molecular flexibility index (Phi) is 5.77. The molecule has 3 rings (SSSR count). The van der Waals surface area contributed by atoms with E-state index in [1.54, 1.807) is 17.0 Å². The molecule has 130 valence electrons. The maximum absolute atomic E-state index is 12.6. The highest BCUT2D eigenvalue weighted by Gasteiger charge is 2.34. The van der Waals surface area contributed by atoms with Gasteiger partial charge in [-0.15, -0.1) is 0 Å². The van der Waals surface area contributed by atoms with Gasteiger partial charge in [-0.05, 0) is 43.4 Å².